The fraction of sp³-hybridized carbons (Fsp3) is 0.400. The number of carbonyl (C=O) groups excluding carboxylic acids is 1. The summed E-state index contributed by atoms with van der Waals surface area (Å²) in [7, 11) is 1.53. The predicted octanol–water partition coefficient (Wildman–Crippen LogP) is 6.23. The fourth-order valence-corrected chi connectivity index (χ4v) is 4.35. The van der Waals surface area contributed by atoms with E-state index in [0.717, 1.165) is 18.5 Å². The van der Waals surface area contributed by atoms with Gasteiger partial charge in [0.1, 0.15) is 10.9 Å². The molecule has 35 heavy (non-hydrogen) atoms. The van der Waals surface area contributed by atoms with Gasteiger partial charge in [-0.15, -0.1) is 11.7 Å². The maximum absolute atomic E-state index is 13.2. The molecule has 8 nitrogen and oxygen atoms in total. The molecule has 0 unspecified atom stereocenters. The molecule has 0 aliphatic rings. The second-order valence-corrected chi connectivity index (χ2v) is 10.1. The Balaban J connectivity index is 1.79. The monoisotopic (exact) mass is 515 g/mol. The van der Waals surface area contributed by atoms with Gasteiger partial charge in [-0.25, -0.2) is 4.98 Å². The minimum atomic E-state index is -0.387. The molecule has 0 fully saturated rings. The van der Waals surface area contributed by atoms with E-state index < -0.39 is 0 Å². The number of aromatic nitrogens is 4. The Bertz CT molecular complexity index is 1200. The summed E-state index contributed by atoms with van der Waals surface area (Å²) >= 11 is 7.29. The van der Waals surface area contributed by atoms with Gasteiger partial charge in [0, 0.05) is 28.9 Å². The molecule has 186 valence electrons. The average molecular weight is 516 g/mol. The Morgan fingerprint density at radius 3 is 2.71 bits per heavy atom. The number of aryl methyl sites for hydroxylation is 1. The summed E-state index contributed by atoms with van der Waals surface area (Å²) in [5, 5.41) is 12.0. The summed E-state index contributed by atoms with van der Waals surface area (Å²) in [6.07, 6.45) is 7.04. The number of carbonyl (C=O) groups is 1. The van der Waals surface area contributed by atoms with Crippen LogP contribution in [0.3, 0.4) is 0 Å². The van der Waals surface area contributed by atoms with Crippen LogP contribution in [0.15, 0.2) is 37.2 Å². The highest BCUT2D eigenvalue weighted by molar-refractivity contribution is 7.17. The van der Waals surface area contributed by atoms with E-state index in [4.69, 9.17) is 21.1 Å². The number of amides is 1. The van der Waals surface area contributed by atoms with Gasteiger partial charge in [-0.05, 0) is 42.2 Å². The Morgan fingerprint density at radius 2 is 2.03 bits per heavy atom. The van der Waals surface area contributed by atoms with E-state index >= 15 is 0 Å². The second kappa shape index (κ2) is 11.6. The summed E-state index contributed by atoms with van der Waals surface area (Å²) in [6.45, 7) is 12.7. The molecule has 3 heterocycles. The number of nitrogens with one attached hydrogen (secondary N) is 1. The Hall–Kier alpha value is -3.04. The van der Waals surface area contributed by atoms with E-state index in [-0.39, 0.29) is 22.4 Å². The molecule has 0 saturated heterocycles. The lowest BCUT2D eigenvalue weighted by Crippen LogP contribution is -2.27. The average Bonchev–Trinajstić information content (AvgIpc) is 3.28. The van der Waals surface area contributed by atoms with Gasteiger partial charge in [0.2, 0.25) is 5.13 Å². The standard InChI is InChI=1S/C25H30ClN5O3S/c1-7-9-16(25(4,5)8-2)14-34-24-31-30-23(35-24)29-22(32)19-12-27-15(3)10-17(19)18-11-21(26)28-13-20(18)33-6/h8,10-13,16H,2,7,9,14H2,1,3-6H3,(H,29,30,32)/t16-/m1/s1. The maximum atomic E-state index is 13.2. The minimum Gasteiger partial charge on any atom is -0.494 e. The SMILES string of the molecule is C=CC(C)(C)[C@H](CCC)COc1nnc(NC(=O)c2cnc(C)cc2-c2cc(Cl)ncc2OC)s1. The highest BCUT2D eigenvalue weighted by Gasteiger charge is 2.27. The van der Waals surface area contributed by atoms with Crippen LogP contribution >= 0.6 is 22.9 Å². The normalized spacial score (nSPS) is 12.2. The molecule has 3 aromatic heterocycles. The molecule has 3 aromatic rings. The number of halogens is 1. The van der Waals surface area contributed by atoms with Crippen molar-refractivity contribution in [3.05, 3.63) is 53.6 Å². The number of hydrogen-bond acceptors (Lipinski definition) is 8. The lowest BCUT2D eigenvalue weighted by Gasteiger charge is -2.30. The molecule has 0 bridgehead atoms. The quantitative estimate of drug-likeness (QED) is 0.239. The van der Waals surface area contributed by atoms with E-state index in [2.05, 4.69) is 52.8 Å². The number of anilines is 1. The van der Waals surface area contributed by atoms with Gasteiger partial charge < -0.3 is 9.47 Å². The molecule has 0 spiro atoms. The van der Waals surface area contributed by atoms with Crippen LogP contribution in [0.25, 0.3) is 11.1 Å². The van der Waals surface area contributed by atoms with Crippen molar-refractivity contribution in [1.82, 2.24) is 20.2 Å². The highest BCUT2D eigenvalue weighted by Crippen LogP contribution is 2.35. The van der Waals surface area contributed by atoms with Crippen molar-refractivity contribution in [1.29, 1.82) is 0 Å². The number of nitrogens with zero attached hydrogens (tertiary/aromatic N) is 4. The minimum absolute atomic E-state index is 0.0660. The number of pyridine rings is 2. The predicted molar refractivity (Wildman–Crippen MR) is 140 cm³/mol. The van der Waals surface area contributed by atoms with Gasteiger partial charge >= 0.3 is 0 Å². The van der Waals surface area contributed by atoms with E-state index in [1.165, 1.54) is 30.8 Å². The van der Waals surface area contributed by atoms with Gasteiger partial charge in [-0.1, -0.05) is 50.0 Å². The second-order valence-electron chi connectivity index (χ2n) is 8.73. The molecular formula is C25H30ClN5O3S. The van der Waals surface area contributed by atoms with Gasteiger partial charge in [0.05, 0.1) is 25.5 Å². The Kier molecular flexibility index (Phi) is 8.80. The summed E-state index contributed by atoms with van der Waals surface area (Å²) in [5.74, 6) is 0.391. The topological polar surface area (TPSA) is 99.1 Å². The zero-order valence-electron chi connectivity index (χ0n) is 20.6. The zero-order valence-corrected chi connectivity index (χ0v) is 22.2. The molecule has 1 N–H and O–H groups in total. The van der Waals surface area contributed by atoms with Crippen molar-refractivity contribution in [2.24, 2.45) is 11.3 Å². The van der Waals surface area contributed by atoms with Crippen LogP contribution in [0, 0.1) is 18.3 Å². The van der Waals surface area contributed by atoms with Crippen LogP contribution in [0.2, 0.25) is 5.15 Å². The third-order valence-corrected chi connectivity index (χ3v) is 6.84. The molecule has 0 aliphatic carbocycles. The number of methoxy groups -OCH3 is 1. The molecular weight excluding hydrogens is 486 g/mol. The first-order valence-corrected chi connectivity index (χ1v) is 12.5. The summed E-state index contributed by atoms with van der Waals surface area (Å²) in [4.78, 5) is 21.5. The van der Waals surface area contributed by atoms with Crippen LogP contribution < -0.4 is 14.8 Å². The van der Waals surface area contributed by atoms with E-state index in [1.54, 1.807) is 12.1 Å². The van der Waals surface area contributed by atoms with Crippen LogP contribution in [0.5, 0.6) is 10.9 Å². The van der Waals surface area contributed by atoms with Gasteiger partial charge in [0.15, 0.2) is 0 Å². The van der Waals surface area contributed by atoms with Crippen LogP contribution in [0.1, 0.15) is 49.7 Å². The lowest BCUT2D eigenvalue weighted by atomic mass is 9.77. The van der Waals surface area contributed by atoms with Gasteiger partial charge in [-0.2, -0.15) is 0 Å². The van der Waals surface area contributed by atoms with Crippen LogP contribution in [-0.2, 0) is 0 Å². The number of ether oxygens (including phenoxy) is 2. The Labute approximate surface area is 214 Å². The van der Waals surface area contributed by atoms with Crippen molar-refractivity contribution >= 4 is 34.0 Å². The van der Waals surface area contributed by atoms with E-state index in [0.29, 0.717) is 39.4 Å². The summed E-state index contributed by atoms with van der Waals surface area (Å²) in [5.41, 5.74) is 2.26. The lowest BCUT2D eigenvalue weighted by molar-refractivity contribution is 0.102. The molecule has 0 saturated carbocycles. The molecule has 0 aromatic carbocycles. The number of allylic oxidation sites excluding steroid dienone is 1. The number of hydrogen-bond donors (Lipinski definition) is 1. The van der Waals surface area contributed by atoms with Crippen molar-refractivity contribution in [3.63, 3.8) is 0 Å². The molecule has 0 aliphatic heterocycles. The highest BCUT2D eigenvalue weighted by atomic mass is 35.5. The van der Waals surface area contributed by atoms with Crippen molar-refractivity contribution in [2.45, 2.75) is 40.5 Å². The molecule has 0 radical (unpaired) electrons. The number of rotatable bonds is 11. The van der Waals surface area contributed by atoms with Gasteiger partial charge in [-0.3, -0.25) is 15.1 Å². The third-order valence-electron chi connectivity index (χ3n) is 5.88. The van der Waals surface area contributed by atoms with Gasteiger partial charge in [0.25, 0.3) is 11.1 Å². The van der Waals surface area contributed by atoms with E-state index in [9.17, 15) is 4.79 Å². The summed E-state index contributed by atoms with van der Waals surface area (Å²) in [6, 6.07) is 3.45. The molecule has 3 rings (SSSR count). The van der Waals surface area contributed by atoms with Crippen molar-refractivity contribution in [2.75, 3.05) is 19.0 Å². The maximum Gasteiger partial charge on any atom is 0.295 e. The molecule has 1 atom stereocenters. The fourth-order valence-electron chi connectivity index (χ4n) is 3.59. The first-order valence-electron chi connectivity index (χ1n) is 11.3. The van der Waals surface area contributed by atoms with Crippen molar-refractivity contribution in [3.8, 4) is 22.1 Å². The Morgan fingerprint density at radius 1 is 1.26 bits per heavy atom. The van der Waals surface area contributed by atoms with E-state index in [1.807, 2.05) is 13.0 Å². The largest absolute Gasteiger partial charge is 0.494 e. The molecule has 10 heteroatoms. The van der Waals surface area contributed by atoms with Crippen LogP contribution in [0.4, 0.5) is 5.13 Å². The first kappa shape index (κ1) is 26.6. The zero-order chi connectivity index (χ0) is 25.6. The van der Waals surface area contributed by atoms with Crippen molar-refractivity contribution < 1.29 is 14.3 Å². The first-order chi connectivity index (χ1) is 16.7. The van der Waals surface area contributed by atoms with Crippen LogP contribution in [-0.4, -0.2) is 39.8 Å². The molecule has 1 amide bonds. The smallest absolute Gasteiger partial charge is 0.295 e. The summed E-state index contributed by atoms with van der Waals surface area (Å²) < 4.78 is 11.4. The third kappa shape index (κ3) is 6.55.